The van der Waals surface area contributed by atoms with Crippen LogP contribution < -0.4 is 4.74 Å². The molecule has 5 nitrogen and oxygen atoms in total. The van der Waals surface area contributed by atoms with E-state index in [1.165, 1.54) is 6.07 Å². The van der Waals surface area contributed by atoms with Crippen LogP contribution >= 0.6 is 0 Å². The average molecular weight is 432 g/mol. The lowest BCUT2D eigenvalue weighted by atomic mass is 9.91. The molecule has 1 aliphatic carbocycles. The minimum atomic E-state index is -4.39. The SMILES string of the molecule is O=C(O)CCc1cc2cc(OCc3ccc(C4CCCC4)c(C(F)(F)F)c3)ccn2n1. The van der Waals surface area contributed by atoms with Gasteiger partial charge < -0.3 is 9.84 Å². The number of carboxylic acids is 1. The number of aliphatic carboxylic acids is 1. The third-order valence-electron chi connectivity index (χ3n) is 5.70. The maximum absolute atomic E-state index is 13.6. The van der Waals surface area contributed by atoms with Crippen LogP contribution in [-0.4, -0.2) is 20.7 Å². The topological polar surface area (TPSA) is 63.8 Å². The fraction of sp³-hybridized carbons (Fsp3) is 0.391. The summed E-state index contributed by atoms with van der Waals surface area (Å²) in [5, 5.41) is 13.1. The zero-order chi connectivity index (χ0) is 22.0. The molecule has 0 amide bonds. The maximum Gasteiger partial charge on any atom is 0.416 e. The van der Waals surface area contributed by atoms with Crippen LogP contribution in [0, 0.1) is 0 Å². The van der Waals surface area contributed by atoms with Crippen LogP contribution in [0.1, 0.15) is 60.4 Å². The third kappa shape index (κ3) is 5.00. The Kier molecular flexibility index (Phi) is 5.89. The lowest BCUT2D eigenvalue weighted by Crippen LogP contribution is -2.12. The smallest absolute Gasteiger partial charge is 0.416 e. The maximum atomic E-state index is 13.6. The van der Waals surface area contributed by atoms with E-state index in [0.29, 0.717) is 29.0 Å². The van der Waals surface area contributed by atoms with Crippen LogP contribution in [0.2, 0.25) is 0 Å². The number of fused-ring (bicyclic) bond motifs is 1. The predicted molar refractivity (Wildman–Crippen MR) is 108 cm³/mol. The molecule has 1 aromatic carbocycles. The number of carbonyl (C=O) groups is 1. The lowest BCUT2D eigenvalue weighted by molar-refractivity contribution is -0.138. The quantitative estimate of drug-likeness (QED) is 0.527. The minimum absolute atomic E-state index is 0.00830. The van der Waals surface area contributed by atoms with E-state index in [2.05, 4.69) is 5.10 Å². The zero-order valence-electron chi connectivity index (χ0n) is 16.9. The summed E-state index contributed by atoms with van der Waals surface area (Å²) < 4.78 is 48.3. The van der Waals surface area contributed by atoms with Crippen molar-refractivity contribution < 1.29 is 27.8 Å². The molecular weight excluding hydrogens is 409 g/mol. The van der Waals surface area contributed by atoms with Gasteiger partial charge in [-0.2, -0.15) is 18.3 Å². The summed E-state index contributed by atoms with van der Waals surface area (Å²) in [6.07, 6.45) is 1.16. The van der Waals surface area contributed by atoms with Crippen molar-refractivity contribution in [3.63, 3.8) is 0 Å². The molecule has 0 radical (unpaired) electrons. The standard InChI is InChI=1S/C23H23F3N2O3/c24-23(25,26)21-11-15(5-7-20(21)16-3-1-2-4-16)14-31-19-9-10-28-18(13-19)12-17(27-28)6-8-22(29)30/h5,7,9-13,16H,1-4,6,8,14H2,(H,29,30). The molecule has 0 saturated heterocycles. The number of hydrogen-bond acceptors (Lipinski definition) is 3. The fourth-order valence-corrected chi connectivity index (χ4v) is 4.17. The van der Waals surface area contributed by atoms with Crippen LogP contribution in [0.15, 0.2) is 42.6 Å². The normalized spacial score (nSPS) is 14.9. The molecule has 2 heterocycles. The Balaban J connectivity index is 1.49. The Bertz CT molecular complexity index is 1090. The summed E-state index contributed by atoms with van der Waals surface area (Å²) in [5.74, 6) is -0.407. The molecule has 0 aliphatic heterocycles. The Hall–Kier alpha value is -3.03. The molecule has 1 fully saturated rings. The van der Waals surface area contributed by atoms with E-state index in [9.17, 15) is 18.0 Å². The molecule has 0 unspecified atom stereocenters. The summed E-state index contributed by atoms with van der Waals surface area (Å²) in [4.78, 5) is 10.7. The van der Waals surface area contributed by atoms with Crippen molar-refractivity contribution in [3.8, 4) is 5.75 Å². The Morgan fingerprint density at radius 3 is 2.65 bits per heavy atom. The number of halogens is 3. The first kappa shape index (κ1) is 21.2. The van der Waals surface area contributed by atoms with Crippen molar-refractivity contribution in [1.29, 1.82) is 0 Å². The first-order valence-corrected chi connectivity index (χ1v) is 10.3. The molecule has 1 aliphatic rings. The second-order valence-electron chi connectivity index (χ2n) is 7.95. The molecule has 2 aromatic heterocycles. The second-order valence-corrected chi connectivity index (χ2v) is 7.95. The van der Waals surface area contributed by atoms with Gasteiger partial charge in [-0.25, -0.2) is 4.52 Å². The summed E-state index contributed by atoms with van der Waals surface area (Å²) in [6.45, 7) is 0.0181. The number of carboxylic acid groups (broad SMARTS) is 1. The molecule has 1 saturated carbocycles. The van der Waals surface area contributed by atoms with Gasteiger partial charge in [0.2, 0.25) is 0 Å². The fourth-order valence-electron chi connectivity index (χ4n) is 4.17. The molecule has 0 bridgehead atoms. The van der Waals surface area contributed by atoms with E-state index in [-0.39, 0.29) is 18.9 Å². The van der Waals surface area contributed by atoms with Crippen molar-refractivity contribution in [2.24, 2.45) is 0 Å². The number of ether oxygens (including phenoxy) is 1. The predicted octanol–water partition coefficient (Wildman–Crippen LogP) is 5.61. The zero-order valence-corrected chi connectivity index (χ0v) is 16.9. The number of rotatable bonds is 7. The number of hydrogen-bond donors (Lipinski definition) is 1. The first-order valence-electron chi connectivity index (χ1n) is 10.3. The van der Waals surface area contributed by atoms with Crippen molar-refractivity contribution >= 4 is 11.5 Å². The van der Waals surface area contributed by atoms with Gasteiger partial charge in [-0.3, -0.25) is 4.79 Å². The molecule has 0 atom stereocenters. The van der Waals surface area contributed by atoms with Gasteiger partial charge in [-0.1, -0.05) is 25.0 Å². The van der Waals surface area contributed by atoms with Crippen LogP contribution in [0.25, 0.3) is 5.52 Å². The summed E-state index contributed by atoms with van der Waals surface area (Å²) in [7, 11) is 0. The van der Waals surface area contributed by atoms with Gasteiger partial charge in [0.25, 0.3) is 0 Å². The molecule has 164 valence electrons. The van der Waals surface area contributed by atoms with E-state index in [0.717, 1.165) is 31.2 Å². The largest absolute Gasteiger partial charge is 0.489 e. The highest BCUT2D eigenvalue weighted by molar-refractivity contribution is 5.67. The highest BCUT2D eigenvalue weighted by Crippen LogP contribution is 2.42. The van der Waals surface area contributed by atoms with Crippen molar-refractivity contribution in [3.05, 3.63) is 65.0 Å². The Labute approximate surface area is 177 Å². The first-order chi connectivity index (χ1) is 14.8. The number of pyridine rings is 1. The number of benzene rings is 1. The molecule has 0 spiro atoms. The third-order valence-corrected chi connectivity index (χ3v) is 5.70. The number of nitrogens with zero attached hydrogens (tertiary/aromatic N) is 2. The molecular formula is C23H23F3N2O3. The van der Waals surface area contributed by atoms with E-state index < -0.39 is 17.7 Å². The van der Waals surface area contributed by atoms with E-state index in [4.69, 9.17) is 9.84 Å². The van der Waals surface area contributed by atoms with Gasteiger partial charge in [-0.15, -0.1) is 0 Å². The molecule has 3 aromatic rings. The van der Waals surface area contributed by atoms with Gasteiger partial charge in [-0.05, 0) is 48.1 Å². The van der Waals surface area contributed by atoms with Gasteiger partial charge in [0, 0.05) is 18.7 Å². The minimum Gasteiger partial charge on any atom is -0.489 e. The highest BCUT2D eigenvalue weighted by atomic mass is 19.4. The number of aryl methyl sites for hydroxylation is 1. The summed E-state index contributed by atoms with van der Waals surface area (Å²) in [6, 6.07) is 9.70. The van der Waals surface area contributed by atoms with Crippen molar-refractivity contribution in [2.45, 2.75) is 57.2 Å². The Morgan fingerprint density at radius 2 is 1.94 bits per heavy atom. The Morgan fingerprint density at radius 1 is 1.16 bits per heavy atom. The lowest BCUT2D eigenvalue weighted by Gasteiger charge is -2.19. The van der Waals surface area contributed by atoms with Gasteiger partial charge >= 0.3 is 12.1 Å². The van der Waals surface area contributed by atoms with Crippen LogP contribution in [-0.2, 0) is 24.0 Å². The molecule has 31 heavy (non-hydrogen) atoms. The van der Waals surface area contributed by atoms with Crippen LogP contribution in [0.5, 0.6) is 5.75 Å². The highest BCUT2D eigenvalue weighted by Gasteiger charge is 2.36. The molecule has 1 N–H and O–H groups in total. The van der Waals surface area contributed by atoms with Gasteiger partial charge in [0.15, 0.2) is 0 Å². The van der Waals surface area contributed by atoms with E-state index in [1.54, 1.807) is 41.0 Å². The summed E-state index contributed by atoms with van der Waals surface area (Å²) >= 11 is 0. The van der Waals surface area contributed by atoms with Crippen molar-refractivity contribution in [1.82, 2.24) is 9.61 Å². The van der Waals surface area contributed by atoms with Gasteiger partial charge in [0.1, 0.15) is 12.4 Å². The average Bonchev–Trinajstić information content (AvgIpc) is 3.39. The number of alkyl halides is 3. The summed E-state index contributed by atoms with van der Waals surface area (Å²) in [5.41, 5.74) is 1.67. The molecule has 4 rings (SSSR count). The van der Waals surface area contributed by atoms with Crippen molar-refractivity contribution in [2.75, 3.05) is 0 Å². The second kappa shape index (κ2) is 8.61. The molecule has 8 heteroatoms. The van der Waals surface area contributed by atoms with E-state index in [1.807, 2.05) is 0 Å². The van der Waals surface area contributed by atoms with E-state index >= 15 is 0 Å². The van der Waals surface area contributed by atoms with Crippen LogP contribution in [0.4, 0.5) is 13.2 Å². The monoisotopic (exact) mass is 432 g/mol. The van der Waals surface area contributed by atoms with Crippen LogP contribution in [0.3, 0.4) is 0 Å². The van der Waals surface area contributed by atoms with Gasteiger partial charge in [0.05, 0.1) is 23.2 Å². The number of aromatic nitrogens is 2.